The van der Waals surface area contributed by atoms with E-state index in [2.05, 4.69) is 0 Å². The van der Waals surface area contributed by atoms with E-state index in [0.29, 0.717) is 12.2 Å². The summed E-state index contributed by atoms with van der Waals surface area (Å²) in [5, 5.41) is 0. The van der Waals surface area contributed by atoms with Crippen LogP contribution in [-0.2, 0) is 9.53 Å². The van der Waals surface area contributed by atoms with Crippen LogP contribution in [0.15, 0.2) is 12.1 Å². The lowest BCUT2D eigenvalue weighted by atomic mass is 9.92. The zero-order chi connectivity index (χ0) is 12.4. The van der Waals surface area contributed by atoms with Gasteiger partial charge < -0.3 is 14.2 Å². The first kappa shape index (κ1) is 11.8. The standard InChI is InChI=1S/C13H16O4/c1-4-9(13(14)15-3)10-6-12-11(5-8(10)2)16-7-17-12/h5-6,9H,4,7H2,1-3H3. The molecule has 1 aliphatic heterocycles. The van der Waals surface area contributed by atoms with Crippen LogP contribution >= 0.6 is 0 Å². The highest BCUT2D eigenvalue weighted by molar-refractivity contribution is 5.79. The molecule has 1 atom stereocenters. The van der Waals surface area contributed by atoms with Crippen molar-refractivity contribution < 1.29 is 19.0 Å². The summed E-state index contributed by atoms with van der Waals surface area (Å²) in [7, 11) is 1.41. The molecule has 0 bridgehead atoms. The second kappa shape index (κ2) is 4.65. The number of hydrogen-bond acceptors (Lipinski definition) is 4. The highest BCUT2D eigenvalue weighted by Gasteiger charge is 2.24. The molecule has 0 aliphatic carbocycles. The topological polar surface area (TPSA) is 44.8 Å². The average molecular weight is 236 g/mol. The summed E-state index contributed by atoms with van der Waals surface area (Å²) in [5.74, 6) is 0.989. The Bertz CT molecular complexity index is 439. The van der Waals surface area contributed by atoms with Crippen molar-refractivity contribution in [1.82, 2.24) is 0 Å². The molecule has 4 heteroatoms. The van der Waals surface area contributed by atoms with Crippen molar-refractivity contribution in [2.75, 3.05) is 13.9 Å². The fourth-order valence-corrected chi connectivity index (χ4v) is 2.09. The van der Waals surface area contributed by atoms with E-state index in [4.69, 9.17) is 14.2 Å². The summed E-state index contributed by atoms with van der Waals surface area (Å²) in [6.07, 6.45) is 0.702. The Morgan fingerprint density at radius 3 is 2.65 bits per heavy atom. The first-order chi connectivity index (χ1) is 8.17. The van der Waals surface area contributed by atoms with E-state index in [0.717, 1.165) is 16.9 Å². The van der Waals surface area contributed by atoms with Gasteiger partial charge in [-0.2, -0.15) is 0 Å². The third-order valence-electron chi connectivity index (χ3n) is 3.03. The van der Waals surface area contributed by atoms with Gasteiger partial charge in [0.1, 0.15) is 0 Å². The fraction of sp³-hybridized carbons (Fsp3) is 0.462. The number of methoxy groups -OCH3 is 1. The van der Waals surface area contributed by atoms with E-state index < -0.39 is 0 Å². The normalized spacial score (nSPS) is 14.5. The van der Waals surface area contributed by atoms with Crippen molar-refractivity contribution >= 4 is 5.97 Å². The number of carbonyl (C=O) groups excluding carboxylic acids is 1. The van der Waals surface area contributed by atoms with Gasteiger partial charge in [0.25, 0.3) is 0 Å². The molecule has 1 aliphatic rings. The predicted octanol–water partition coefficient (Wildman–Crippen LogP) is 2.39. The Morgan fingerprint density at radius 2 is 2.06 bits per heavy atom. The monoisotopic (exact) mass is 236 g/mol. The SMILES string of the molecule is CCC(C(=O)OC)c1cc2c(cc1C)OCO2. The minimum atomic E-state index is -0.241. The van der Waals surface area contributed by atoms with Crippen molar-refractivity contribution in [3.8, 4) is 11.5 Å². The molecule has 0 spiro atoms. The van der Waals surface area contributed by atoms with Gasteiger partial charge in [-0.3, -0.25) is 4.79 Å². The molecule has 92 valence electrons. The highest BCUT2D eigenvalue weighted by Crippen LogP contribution is 2.38. The van der Waals surface area contributed by atoms with Gasteiger partial charge in [0, 0.05) is 0 Å². The molecule has 0 N–H and O–H groups in total. The average Bonchev–Trinajstić information content (AvgIpc) is 2.76. The molecule has 0 saturated heterocycles. The Balaban J connectivity index is 2.40. The third-order valence-corrected chi connectivity index (χ3v) is 3.03. The smallest absolute Gasteiger partial charge is 0.313 e. The molecule has 0 amide bonds. The number of hydrogen-bond donors (Lipinski definition) is 0. The quantitative estimate of drug-likeness (QED) is 0.756. The lowest BCUT2D eigenvalue weighted by molar-refractivity contribution is -0.142. The Kier molecular flexibility index (Phi) is 3.22. The maximum atomic E-state index is 11.7. The van der Waals surface area contributed by atoms with Crippen molar-refractivity contribution in [2.45, 2.75) is 26.2 Å². The molecule has 1 aromatic rings. The number of rotatable bonds is 3. The van der Waals surface area contributed by atoms with Crippen LogP contribution in [-0.4, -0.2) is 19.9 Å². The van der Waals surface area contributed by atoms with E-state index in [1.807, 2.05) is 26.0 Å². The first-order valence-electron chi connectivity index (χ1n) is 5.65. The summed E-state index contributed by atoms with van der Waals surface area (Å²) in [5.41, 5.74) is 1.97. The Morgan fingerprint density at radius 1 is 1.41 bits per heavy atom. The molecule has 1 aromatic carbocycles. The summed E-state index contributed by atoms with van der Waals surface area (Å²) in [6.45, 7) is 4.17. The number of benzene rings is 1. The van der Waals surface area contributed by atoms with Gasteiger partial charge in [-0.25, -0.2) is 0 Å². The van der Waals surface area contributed by atoms with Gasteiger partial charge in [0.15, 0.2) is 11.5 Å². The van der Waals surface area contributed by atoms with Crippen LogP contribution in [0.2, 0.25) is 0 Å². The van der Waals surface area contributed by atoms with E-state index >= 15 is 0 Å². The van der Waals surface area contributed by atoms with Crippen LogP contribution in [0, 0.1) is 6.92 Å². The molecule has 0 saturated carbocycles. The number of carbonyl (C=O) groups is 1. The highest BCUT2D eigenvalue weighted by atomic mass is 16.7. The van der Waals surface area contributed by atoms with E-state index in [9.17, 15) is 4.79 Å². The van der Waals surface area contributed by atoms with Crippen LogP contribution in [0.25, 0.3) is 0 Å². The predicted molar refractivity (Wildman–Crippen MR) is 62.4 cm³/mol. The van der Waals surface area contributed by atoms with Gasteiger partial charge in [0.05, 0.1) is 13.0 Å². The zero-order valence-electron chi connectivity index (χ0n) is 10.3. The van der Waals surface area contributed by atoms with E-state index in [-0.39, 0.29) is 18.7 Å². The molecule has 0 aromatic heterocycles. The van der Waals surface area contributed by atoms with Crippen molar-refractivity contribution in [3.63, 3.8) is 0 Å². The number of fused-ring (bicyclic) bond motifs is 1. The van der Waals surface area contributed by atoms with Gasteiger partial charge in [-0.1, -0.05) is 6.92 Å². The summed E-state index contributed by atoms with van der Waals surface area (Å²) in [6, 6.07) is 3.78. The van der Waals surface area contributed by atoms with Crippen molar-refractivity contribution in [1.29, 1.82) is 0 Å². The fourth-order valence-electron chi connectivity index (χ4n) is 2.09. The molecule has 0 fully saturated rings. The first-order valence-corrected chi connectivity index (χ1v) is 5.65. The largest absolute Gasteiger partial charge is 0.469 e. The van der Waals surface area contributed by atoms with Gasteiger partial charge >= 0.3 is 5.97 Å². The van der Waals surface area contributed by atoms with Crippen LogP contribution in [0.4, 0.5) is 0 Å². The maximum absolute atomic E-state index is 11.7. The molecule has 4 nitrogen and oxygen atoms in total. The van der Waals surface area contributed by atoms with Crippen LogP contribution in [0.3, 0.4) is 0 Å². The second-order valence-electron chi connectivity index (χ2n) is 4.05. The maximum Gasteiger partial charge on any atom is 0.313 e. The van der Waals surface area contributed by atoms with E-state index in [1.54, 1.807) is 0 Å². The molecular weight excluding hydrogens is 220 g/mol. The molecule has 2 rings (SSSR count). The Labute approximate surface area is 100 Å². The van der Waals surface area contributed by atoms with Crippen LogP contribution < -0.4 is 9.47 Å². The van der Waals surface area contributed by atoms with Gasteiger partial charge in [-0.05, 0) is 36.6 Å². The number of aryl methyl sites for hydroxylation is 1. The minimum Gasteiger partial charge on any atom is -0.469 e. The molecule has 1 heterocycles. The molecular formula is C13H16O4. The summed E-state index contributed by atoms with van der Waals surface area (Å²) >= 11 is 0. The van der Waals surface area contributed by atoms with Crippen LogP contribution in [0.1, 0.15) is 30.4 Å². The zero-order valence-corrected chi connectivity index (χ0v) is 10.3. The Hall–Kier alpha value is -1.71. The third kappa shape index (κ3) is 2.07. The van der Waals surface area contributed by atoms with Gasteiger partial charge in [-0.15, -0.1) is 0 Å². The number of ether oxygens (including phenoxy) is 3. The van der Waals surface area contributed by atoms with Gasteiger partial charge in [0.2, 0.25) is 6.79 Å². The summed E-state index contributed by atoms with van der Waals surface area (Å²) < 4.78 is 15.4. The molecule has 0 radical (unpaired) electrons. The van der Waals surface area contributed by atoms with Crippen molar-refractivity contribution in [2.24, 2.45) is 0 Å². The lowest BCUT2D eigenvalue weighted by Gasteiger charge is -2.15. The summed E-state index contributed by atoms with van der Waals surface area (Å²) in [4.78, 5) is 11.7. The number of esters is 1. The molecule has 1 unspecified atom stereocenters. The van der Waals surface area contributed by atoms with Crippen molar-refractivity contribution in [3.05, 3.63) is 23.3 Å². The van der Waals surface area contributed by atoms with Crippen LogP contribution in [0.5, 0.6) is 11.5 Å². The second-order valence-corrected chi connectivity index (χ2v) is 4.05. The lowest BCUT2D eigenvalue weighted by Crippen LogP contribution is -2.14. The molecule has 17 heavy (non-hydrogen) atoms. The minimum absolute atomic E-state index is 0.213. The van der Waals surface area contributed by atoms with E-state index in [1.165, 1.54) is 7.11 Å².